The van der Waals surface area contributed by atoms with Crippen molar-refractivity contribution in [1.29, 1.82) is 0 Å². The first-order valence-corrected chi connectivity index (χ1v) is 8.17. The fourth-order valence-corrected chi connectivity index (χ4v) is 3.16. The number of benzene rings is 1. The molecule has 1 aromatic carbocycles. The predicted molar refractivity (Wildman–Crippen MR) is 89.1 cm³/mol. The Kier molecular flexibility index (Phi) is 3.72. The molecule has 2 aliphatic rings. The van der Waals surface area contributed by atoms with E-state index in [4.69, 9.17) is 9.47 Å². The van der Waals surface area contributed by atoms with Crippen molar-refractivity contribution in [2.75, 3.05) is 18.5 Å². The van der Waals surface area contributed by atoms with Crippen LogP contribution in [-0.4, -0.2) is 24.1 Å². The summed E-state index contributed by atoms with van der Waals surface area (Å²) in [4.78, 5) is 27.5. The first kappa shape index (κ1) is 14.8. The number of ether oxygens (including phenoxy) is 2. The number of aromatic nitrogens is 1. The highest BCUT2D eigenvalue weighted by Crippen LogP contribution is 2.32. The zero-order valence-corrected chi connectivity index (χ0v) is 13.2. The van der Waals surface area contributed by atoms with Crippen LogP contribution in [0.15, 0.2) is 29.1 Å². The lowest BCUT2D eigenvalue weighted by molar-refractivity contribution is 0.102. The number of amides is 1. The molecule has 0 spiro atoms. The minimum Gasteiger partial charge on any atom is -0.486 e. The number of anilines is 1. The summed E-state index contributed by atoms with van der Waals surface area (Å²) in [6.07, 6.45) is 3.93. The van der Waals surface area contributed by atoms with E-state index in [9.17, 15) is 9.59 Å². The first-order valence-electron chi connectivity index (χ1n) is 8.17. The maximum Gasteiger partial charge on any atom is 0.261 e. The normalized spacial score (nSPS) is 15.5. The van der Waals surface area contributed by atoms with Crippen LogP contribution < -0.4 is 20.3 Å². The molecule has 124 valence electrons. The predicted octanol–water partition coefficient (Wildman–Crippen LogP) is 2.28. The Hall–Kier alpha value is -2.76. The van der Waals surface area contributed by atoms with Crippen molar-refractivity contribution in [2.45, 2.75) is 25.7 Å². The minimum absolute atomic E-state index is 0.144. The number of carbonyl (C=O) groups excluding carboxylic acids is 1. The molecular formula is C18H18N2O4. The maximum absolute atomic E-state index is 12.5. The van der Waals surface area contributed by atoms with E-state index in [1.54, 1.807) is 24.3 Å². The molecular weight excluding hydrogens is 308 g/mol. The van der Waals surface area contributed by atoms with Gasteiger partial charge in [0.25, 0.3) is 11.5 Å². The van der Waals surface area contributed by atoms with Gasteiger partial charge >= 0.3 is 0 Å². The monoisotopic (exact) mass is 326 g/mol. The zero-order chi connectivity index (χ0) is 16.5. The van der Waals surface area contributed by atoms with E-state index in [1.807, 2.05) is 0 Å². The molecule has 1 amide bonds. The molecule has 0 saturated carbocycles. The molecule has 2 aromatic rings. The zero-order valence-electron chi connectivity index (χ0n) is 13.2. The average Bonchev–Trinajstić information content (AvgIpc) is 2.61. The van der Waals surface area contributed by atoms with Crippen molar-refractivity contribution in [2.24, 2.45) is 0 Å². The number of nitrogens with one attached hydrogen (secondary N) is 2. The second kappa shape index (κ2) is 6.03. The van der Waals surface area contributed by atoms with Crippen molar-refractivity contribution >= 4 is 11.6 Å². The number of aromatic amines is 1. The molecule has 2 N–H and O–H groups in total. The van der Waals surface area contributed by atoms with Gasteiger partial charge in [-0.15, -0.1) is 0 Å². The molecule has 2 heterocycles. The van der Waals surface area contributed by atoms with Gasteiger partial charge < -0.3 is 19.8 Å². The fraction of sp³-hybridized carbons (Fsp3) is 0.333. The summed E-state index contributed by atoms with van der Waals surface area (Å²) in [6, 6.07) is 6.92. The van der Waals surface area contributed by atoms with E-state index in [0.717, 1.165) is 36.9 Å². The lowest BCUT2D eigenvalue weighted by atomic mass is 9.95. The van der Waals surface area contributed by atoms with Crippen molar-refractivity contribution in [3.8, 4) is 11.5 Å². The summed E-state index contributed by atoms with van der Waals surface area (Å²) in [5, 5.41) is 2.76. The number of hydrogen-bond acceptors (Lipinski definition) is 4. The van der Waals surface area contributed by atoms with Crippen LogP contribution in [0.2, 0.25) is 0 Å². The van der Waals surface area contributed by atoms with Crippen LogP contribution in [0.3, 0.4) is 0 Å². The van der Waals surface area contributed by atoms with E-state index in [1.165, 1.54) is 0 Å². The van der Waals surface area contributed by atoms with Gasteiger partial charge in [-0.3, -0.25) is 9.59 Å². The summed E-state index contributed by atoms with van der Waals surface area (Å²) in [7, 11) is 0. The smallest absolute Gasteiger partial charge is 0.261 e. The summed E-state index contributed by atoms with van der Waals surface area (Å²) in [5.41, 5.74) is 2.40. The van der Waals surface area contributed by atoms with E-state index >= 15 is 0 Å². The van der Waals surface area contributed by atoms with E-state index in [-0.39, 0.29) is 11.1 Å². The third-order valence-corrected chi connectivity index (χ3v) is 4.38. The largest absolute Gasteiger partial charge is 0.486 e. The Morgan fingerprint density at radius 3 is 2.71 bits per heavy atom. The number of pyridine rings is 1. The number of rotatable bonds is 2. The lowest BCUT2D eigenvalue weighted by Crippen LogP contribution is -2.26. The quantitative estimate of drug-likeness (QED) is 0.887. The van der Waals surface area contributed by atoms with Crippen LogP contribution in [0.1, 0.15) is 34.5 Å². The van der Waals surface area contributed by atoms with Gasteiger partial charge in [0.15, 0.2) is 11.5 Å². The standard InChI is InChI=1S/C18H18N2O4/c21-17(13-9-11-3-1-2-4-14(11)20-18(13)22)19-12-5-6-15-16(10-12)24-8-7-23-15/h5-6,9-10H,1-4,7-8H2,(H,19,21)(H,20,22). The van der Waals surface area contributed by atoms with Crippen LogP contribution >= 0.6 is 0 Å². The van der Waals surface area contributed by atoms with Crippen LogP contribution in [0.25, 0.3) is 0 Å². The highest BCUT2D eigenvalue weighted by atomic mass is 16.6. The van der Waals surface area contributed by atoms with Crippen LogP contribution in [0.4, 0.5) is 5.69 Å². The van der Waals surface area contributed by atoms with Crippen LogP contribution in [0.5, 0.6) is 11.5 Å². The van der Waals surface area contributed by atoms with E-state index in [0.29, 0.717) is 30.4 Å². The summed E-state index contributed by atoms with van der Waals surface area (Å²) in [6.45, 7) is 0.998. The number of H-pyrrole nitrogens is 1. The van der Waals surface area contributed by atoms with Gasteiger partial charge in [0, 0.05) is 17.4 Å². The molecule has 1 aliphatic heterocycles. The molecule has 0 radical (unpaired) electrons. The Labute approximate surface area is 138 Å². The SMILES string of the molecule is O=C(Nc1ccc2c(c1)OCCO2)c1cc2c([nH]c1=O)CCCC2. The van der Waals surface area contributed by atoms with E-state index < -0.39 is 5.91 Å². The Balaban J connectivity index is 1.59. The van der Waals surface area contributed by atoms with Crippen LogP contribution in [-0.2, 0) is 12.8 Å². The van der Waals surface area contributed by atoms with Gasteiger partial charge in [0.2, 0.25) is 0 Å². The Morgan fingerprint density at radius 1 is 1.04 bits per heavy atom. The third-order valence-electron chi connectivity index (χ3n) is 4.38. The van der Waals surface area contributed by atoms with Crippen molar-refractivity contribution in [3.63, 3.8) is 0 Å². The van der Waals surface area contributed by atoms with Gasteiger partial charge in [-0.1, -0.05) is 0 Å². The molecule has 1 aromatic heterocycles. The first-order chi connectivity index (χ1) is 11.7. The molecule has 6 heteroatoms. The minimum atomic E-state index is -0.415. The van der Waals surface area contributed by atoms with Gasteiger partial charge in [-0.25, -0.2) is 0 Å². The number of fused-ring (bicyclic) bond motifs is 2. The topological polar surface area (TPSA) is 80.4 Å². The van der Waals surface area contributed by atoms with Gasteiger partial charge in [0.1, 0.15) is 18.8 Å². The highest BCUT2D eigenvalue weighted by Gasteiger charge is 2.18. The van der Waals surface area contributed by atoms with Crippen LogP contribution in [0, 0.1) is 0 Å². The molecule has 4 rings (SSSR count). The molecule has 0 saturated heterocycles. The third kappa shape index (κ3) is 2.75. The molecule has 24 heavy (non-hydrogen) atoms. The molecule has 0 unspecified atom stereocenters. The van der Waals surface area contributed by atoms with Crippen molar-refractivity contribution < 1.29 is 14.3 Å². The summed E-state index contributed by atoms with van der Waals surface area (Å²) >= 11 is 0. The summed E-state index contributed by atoms with van der Waals surface area (Å²) in [5.74, 6) is 0.838. The fourth-order valence-electron chi connectivity index (χ4n) is 3.16. The molecule has 0 atom stereocenters. The summed E-state index contributed by atoms with van der Waals surface area (Å²) < 4.78 is 11.0. The number of aryl methyl sites for hydroxylation is 2. The number of carbonyl (C=O) groups is 1. The van der Waals surface area contributed by atoms with Gasteiger partial charge in [0.05, 0.1) is 0 Å². The Morgan fingerprint density at radius 2 is 1.83 bits per heavy atom. The van der Waals surface area contributed by atoms with Crippen molar-refractivity contribution in [1.82, 2.24) is 4.98 Å². The molecule has 6 nitrogen and oxygen atoms in total. The van der Waals surface area contributed by atoms with E-state index in [2.05, 4.69) is 10.3 Å². The molecule has 0 fully saturated rings. The maximum atomic E-state index is 12.5. The average molecular weight is 326 g/mol. The van der Waals surface area contributed by atoms with Gasteiger partial charge in [-0.05, 0) is 49.4 Å². The molecule has 1 aliphatic carbocycles. The van der Waals surface area contributed by atoms with Crippen molar-refractivity contribution in [3.05, 3.63) is 51.4 Å². The second-order valence-electron chi connectivity index (χ2n) is 6.04. The van der Waals surface area contributed by atoms with Gasteiger partial charge in [-0.2, -0.15) is 0 Å². The molecule has 0 bridgehead atoms. The second-order valence-corrected chi connectivity index (χ2v) is 6.04. The Bertz CT molecular complexity index is 857. The lowest BCUT2D eigenvalue weighted by Gasteiger charge is -2.19. The highest BCUT2D eigenvalue weighted by molar-refractivity contribution is 6.04. The number of hydrogen-bond donors (Lipinski definition) is 2.